The van der Waals surface area contributed by atoms with Gasteiger partial charge >= 0.3 is 0 Å². The molecule has 1 heterocycles. The summed E-state index contributed by atoms with van der Waals surface area (Å²) < 4.78 is 54.5. The molecule has 13 heteroatoms. The fourth-order valence-corrected chi connectivity index (χ4v) is 5.90. The number of halogens is 1. The molecule has 1 atom stereocenters. The van der Waals surface area contributed by atoms with Crippen LogP contribution in [0, 0.1) is 10.1 Å². The van der Waals surface area contributed by atoms with Crippen molar-refractivity contribution >= 4 is 48.7 Å². The summed E-state index contributed by atoms with van der Waals surface area (Å²) in [7, 11) is -7.69. The van der Waals surface area contributed by atoms with Crippen molar-refractivity contribution in [2.45, 2.75) is 24.3 Å². The third kappa shape index (κ3) is 5.35. The molecule has 0 aromatic heterocycles. The number of nitrogens with zero attached hydrogens (tertiary/aromatic N) is 3. The van der Waals surface area contributed by atoms with Crippen molar-refractivity contribution in [3.63, 3.8) is 0 Å². The zero-order valence-electron chi connectivity index (χ0n) is 18.9. The molecule has 4 rings (SSSR count). The Kier molecular flexibility index (Phi) is 7.03. The van der Waals surface area contributed by atoms with Crippen LogP contribution in [0.25, 0.3) is 0 Å². The highest BCUT2D eigenvalue weighted by molar-refractivity contribution is 7.92. The summed E-state index contributed by atoms with van der Waals surface area (Å²) in [4.78, 5) is 10.7. The fraction of sp³-hybridized carbons (Fsp3) is 0.174. The van der Waals surface area contributed by atoms with E-state index < -0.39 is 31.0 Å². The van der Waals surface area contributed by atoms with Crippen molar-refractivity contribution in [1.82, 2.24) is 4.41 Å². The second-order valence-corrected chi connectivity index (χ2v) is 12.2. The van der Waals surface area contributed by atoms with Gasteiger partial charge in [0.1, 0.15) is 0 Å². The molecule has 0 saturated carbocycles. The molecule has 36 heavy (non-hydrogen) atoms. The number of hydrogen-bond donors (Lipinski definition) is 1. The highest BCUT2D eigenvalue weighted by Crippen LogP contribution is 2.38. The predicted molar refractivity (Wildman–Crippen MR) is 137 cm³/mol. The minimum atomic E-state index is -4.16. The smallest absolute Gasteiger partial charge is 0.279 e. The lowest BCUT2D eigenvalue weighted by Gasteiger charge is -2.23. The lowest BCUT2D eigenvalue weighted by atomic mass is 9.98. The molecule has 3 aromatic rings. The van der Waals surface area contributed by atoms with E-state index in [9.17, 15) is 26.9 Å². The van der Waals surface area contributed by atoms with Crippen LogP contribution in [0.2, 0.25) is 5.02 Å². The summed E-state index contributed by atoms with van der Waals surface area (Å²) in [6.45, 7) is 1.51. The average molecular weight is 549 g/mol. The molecule has 0 amide bonds. The largest absolute Gasteiger partial charge is 0.284 e. The highest BCUT2D eigenvalue weighted by Gasteiger charge is 2.38. The van der Waals surface area contributed by atoms with Crippen molar-refractivity contribution in [1.29, 1.82) is 0 Å². The van der Waals surface area contributed by atoms with Gasteiger partial charge in [0.25, 0.3) is 15.7 Å². The third-order valence-corrected chi connectivity index (χ3v) is 8.80. The van der Waals surface area contributed by atoms with Gasteiger partial charge in [0.05, 0.1) is 27.3 Å². The number of benzene rings is 3. The van der Waals surface area contributed by atoms with E-state index in [1.807, 2.05) is 0 Å². The van der Waals surface area contributed by atoms with Gasteiger partial charge in [0.15, 0.2) is 0 Å². The molecule has 188 valence electrons. The standard InChI is InChI=1S/C23H21ClN4O6S2/c1-2-35(31,32)26-19-7-3-5-16(13-19)22-15-23(17-6-4-8-20(14-17)28(29)30)27(25-22)36(33,34)21-11-9-18(24)10-12-21/h3-14,23,26H,2,15H2,1H3. The number of sulfonamides is 2. The Morgan fingerprint density at radius 2 is 1.75 bits per heavy atom. The number of rotatable bonds is 8. The van der Waals surface area contributed by atoms with E-state index in [2.05, 4.69) is 9.82 Å². The molecule has 1 N–H and O–H groups in total. The maximum absolute atomic E-state index is 13.6. The van der Waals surface area contributed by atoms with E-state index >= 15 is 0 Å². The number of nitrogens with one attached hydrogen (secondary N) is 1. The Morgan fingerprint density at radius 1 is 1.06 bits per heavy atom. The van der Waals surface area contributed by atoms with Gasteiger partial charge in [-0.1, -0.05) is 35.9 Å². The lowest BCUT2D eigenvalue weighted by molar-refractivity contribution is -0.384. The van der Waals surface area contributed by atoms with Gasteiger partial charge in [-0.2, -0.15) is 17.9 Å². The van der Waals surface area contributed by atoms with Crippen LogP contribution in [0.3, 0.4) is 0 Å². The van der Waals surface area contributed by atoms with Crippen LogP contribution >= 0.6 is 11.6 Å². The van der Waals surface area contributed by atoms with E-state index in [-0.39, 0.29) is 22.8 Å². The Balaban J connectivity index is 1.79. The minimum absolute atomic E-state index is 0.0446. The van der Waals surface area contributed by atoms with E-state index in [1.165, 1.54) is 49.4 Å². The fourth-order valence-electron chi connectivity index (χ4n) is 3.71. The molecular formula is C23H21ClN4O6S2. The molecule has 10 nitrogen and oxygen atoms in total. The Bertz CT molecular complexity index is 1560. The van der Waals surface area contributed by atoms with Crippen molar-refractivity contribution < 1.29 is 21.8 Å². The summed E-state index contributed by atoms with van der Waals surface area (Å²) >= 11 is 5.92. The van der Waals surface area contributed by atoms with Gasteiger partial charge in [0, 0.05) is 29.3 Å². The van der Waals surface area contributed by atoms with Gasteiger partial charge in [-0.15, -0.1) is 0 Å². The van der Waals surface area contributed by atoms with Crippen molar-refractivity contribution in [2.75, 3.05) is 10.5 Å². The van der Waals surface area contributed by atoms with Gasteiger partial charge < -0.3 is 0 Å². The number of nitro benzene ring substituents is 1. The number of non-ortho nitro benzene ring substituents is 1. The lowest BCUT2D eigenvalue weighted by Crippen LogP contribution is -2.27. The molecule has 0 radical (unpaired) electrons. The maximum atomic E-state index is 13.6. The quantitative estimate of drug-likeness (QED) is 0.323. The molecule has 1 aliphatic heterocycles. The monoisotopic (exact) mass is 548 g/mol. The molecule has 1 aliphatic rings. The van der Waals surface area contributed by atoms with Gasteiger partial charge in [-0.05, 0) is 54.4 Å². The van der Waals surface area contributed by atoms with Gasteiger partial charge in [-0.3, -0.25) is 14.8 Å². The molecule has 0 saturated heterocycles. The number of hydrazone groups is 1. The number of anilines is 1. The van der Waals surface area contributed by atoms with Crippen LogP contribution in [-0.2, 0) is 20.0 Å². The summed E-state index contributed by atoms with van der Waals surface area (Å²) in [5.74, 6) is -0.111. The Labute approximate surface area is 213 Å². The van der Waals surface area contributed by atoms with Crippen molar-refractivity contribution in [2.24, 2.45) is 5.10 Å². The van der Waals surface area contributed by atoms with Crippen LogP contribution in [0.15, 0.2) is 82.8 Å². The molecule has 0 bridgehead atoms. The molecule has 1 unspecified atom stereocenters. The first-order valence-electron chi connectivity index (χ1n) is 10.7. The molecule has 0 spiro atoms. The average Bonchev–Trinajstić information content (AvgIpc) is 3.31. The topological polar surface area (TPSA) is 139 Å². The normalized spacial score (nSPS) is 16.0. The predicted octanol–water partition coefficient (Wildman–Crippen LogP) is 4.55. The second kappa shape index (κ2) is 9.88. The molecule has 0 aliphatic carbocycles. The van der Waals surface area contributed by atoms with Crippen LogP contribution < -0.4 is 4.72 Å². The van der Waals surface area contributed by atoms with Crippen LogP contribution in [-0.4, -0.2) is 37.6 Å². The number of hydrogen-bond acceptors (Lipinski definition) is 7. The zero-order valence-corrected chi connectivity index (χ0v) is 21.3. The SMILES string of the molecule is CCS(=O)(=O)Nc1cccc(C2=NN(S(=O)(=O)c3ccc(Cl)cc3)C(c3cccc([N+](=O)[O-])c3)C2)c1. The van der Waals surface area contributed by atoms with Crippen LogP contribution in [0.5, 0.6) is 0 Å². The van der Waals surface area contributed by atoms with Crippen LogP contribution in [0.4, 0.5) is 11.4 Å². The first-order chi connectivity index (χ1) is 17.0. The Morgan fingerprint density at radius 3 is 2.42 bits per heavy atom. The van der Waals surface area contributed by atoms with Gasteiger partial charge in [-0.25, -0.2) is 8.42 Å². The van der Waals surface area contributed by atoms with E-state index in [0.717, 1.165) is 4.41 Å². The summed E-state index contributed by atoms with van der Waals surface area (Å²) in [5.41, 5.74) is 1.41. The minimum Gasteiger partial charge on any atom is -0.284 e. The molecular weight excluding hydrogens is 528 g/mol. The Hall–Kier alpha value is -3.48. The summed E-state index contributed by atoms with van der Waals surface area (Å²) in [5, 5.41) is 16.1. The summed E-state index contributed by atoms with van der Waals surface area (Å²) in [6.07, 6.45) is 0.109. The highest BCUT2D eigenvalue weighted by atomic mass is 35.5. The zero-order chi connectivity index (χ0) is 26.1. The van der Waals surface area contributed by atoms with E-state index in [1.54, 1.807) is 30.3 Å². The first-order valence-corrected chi connectivity index (χ1v) is 14.2. The molecule has 0 fully saturated rings. The van der Waals surface area contributed by atoms with E-state index in [0.29, 0.717) is 27.5 Å². The van der Waals surface area contributed by atoms with Crippen LogP contribution in [0.1, 0.15) is 30.5 Å². The van der Waals surface area contributed by atoms with Crippen molar-refractivity contribution in [3.05, 3.63) is 99.1 Å². The maximum Gasteiger partial charge on any atom is 0.279 e. The molecule has 3 aromatic carbocycles. The second-order valence-electron chi connectivity index (χ2n) is 7.94. The number of nitro groups is 1. The summed E-state index contributed by atoms with van der Waals surface area (Å²) in [6, 6.07) is 16.9. The first kappa shape index (κ1) is 25.6. The van der Waals surface area contributed by atoms with E-state index in [4.69, 9.17) is 11.6 Å². The van der Waals surface area contributed by atoms with Gasteiger partial charge in [0.2, 0.25) is 10.0 Å². The van der Waals surface area contributed by atoms with Crippen molar-refractivity contribution in [3.8, 4) is 0 Å². The third-order valence-electron chi connectivity index (χ3n) is 5.55.